The number of nitrogens with zero attached hydrogens (tertiary/aromatic N) is 3. The molecule has 4 aromatic rings. The van der Waals surface area contributed by atoms with Gasteiger partial charge in [-0.2, -0.15) is 0 Å². The number of imidazole rings is 1. The summed E-state index contributed by atoms with van der Waals surface area (Å²) >= 11 is 0. The van der Waals surface area contributed by atoms with E-state index in [0.717, 1.165) is 34.5 Å². The van der Waals surface area contributed by atoms with Crippen molar-refractivity contribution >= 4 is 22.5 Å². The summed E-state index contributed by atoms with van der Waals surface area (Å²) in [6, 6.07) is 22.7. The molecule has 0 aliphatic carbocycles. The lowest BCUT2D eigenvalue weighted by atomic mass is 10.1. The van der Waals surface area contributed by atoms with E-state index in [1.807, 2.05) is 37.4 Å². The molecule has 0 saturated carbocycles. The van der Waals surface area contributed by atoms with E-state index < -0.39 is 0 Å². The van der Waals surface area contributed by atoms with Crippen LogP contribution in [0.4, 0.5) is 5.69 Å². The molecule has 5 heteroatoms. The maximum atomic E-state index is 11.9. The zero-order valence-electron chi connectivity index (χ0n) is 19.6. The van der Waals surface area contributed by atoms with Crippen LogP contribution in [-0.4, -0.2) is 40.6 Å². The standard InChI is InChI=1S/C28H31N3O2/c1-4-21-9-11-22(12-10-21)17-28-29-25-18-23(20(2)33)13-14-27(25)31(28)19-24-7-5-6-8-26(24)30(3)15-16-32/h5-14,18,32H,4,15-17,19H2,1-3H3. The SMILES string of the molecule is CCc1ccc(Cc2nc3cc(C(C)=O)ccc3n2Cc2ccccc2N(C)CCO)cc1. The molecule has 170 valence electrons. The number of likely N-dealkylation sites (N-methyl/N-ethyl adjacent to an activating group) is 1. The smallest absolute Gasteiger partial charge is 0.159 e. The fraction of sp³-hybridized carbons (Fsp3) is 0.286. The molecule has 0 aliphatic rings. The van der Waals surface area contributed by atoms with Crippen LogP contribution in [0.15, 0.2) is 66.7 Å². The third-order valence-electron chi connectivity index (χ3n) is 6.19. The second-order valence-electron chi connectivity index (χ2n) is 8.49. The van der Waals surface area contributed by atoms with Gasteiger partial charge in [0.1, 0.15) is 5.82 Å². The number of ketones is 1. The molecule has 5 nitrogen and oxygen atoms in total. The average molecular weight is 442 g/mol. The molecule has 1 N–H and O–H groups in total. The number of hydrogen-bond acceptors (Lipinski definition) is 4. The summed E-state index contributed by atoms with van der Waals surface area (Å²) in [5.74, 6) is 1.01. The zero-order valence-corrected chi connectivity index (χ0v) is 19.6. The van der Waals surface area contributed by atoms with Crippen molar-refractivity contribution in [1.82, 2.24) is 9.55 Å². The lowest BCUT2D eigenvalue weighted by molar-refractivity contribution is 0.101. The summed E-state index contributed by atoms with van der Waals surface area (Å²) in [4.78, 5) is 19.0. The van der Waals surface area contributed by atoms with Gasteiger partial charge in [-0.3, -0.25) is 4.79 Å². The van der Waals surface area contributed by atoms with Crippen molar-refractivity contribution in [2.75, 3.05) is 25.1 Å². The number of anilines is 1. The molecular formula is C28H31N3O2. The van der Waals surface area contributed by atoms with E-state index in [2.05, 4.69) is 52.8 Å². The quantitative estimate of drug-likeness (QED) is 0.377. The maximum absolute atomic E-state index is 11.9. The van der Waals surface area contributed by atoms with Crippen molar-refractivity contribution in [3.8, 4) is 0 Å². The number of para-hydroxylation sites is 1. The normalized spacial score (nSPS) is 11.2. The van der Waals surface area contributed by atoms with Crippen LogP contribution < -0.4 is 4.90 Å². The highest BCUT2D eigenvalue weighted by atomic mass is 16.3. The molecule has 0 aliphatic heterocycles. The Balaban J connectivity index is 1.78. The fourth-order valence-corrected chi connectivity index (χ4v) is 4.24. The number of Topliss-reactive ketones (excluding diaryl/α,β-unsaturated/α-hetero) is 1. The van der Waals surface area contributed by atoms with E-state index >= 15 is 0 Å². The number of benzene rings is 3. The van der Waals surface area contributed by atoms with Crippen LogP contribution in [0.25, 0.3) is 11.0 Å². The van der Waals surface area contributed by atoms with E-state index in [0.29, 0.717) is 25.1 Å². The Morgan fingerprint density at radius 1 is 1.03 bits per heavy atom. The zero-order chi connectivity index (χ0) is 23.4. The second-order valence-corrected chi connectivity index (χ2v) is 8.49. The monoisotopic (exact) mass is 441 g/mol. The van der Waals surface area contributed by atoms with E-state index in [9.17, 15) is 9.90 Å². The Kier molecular flexibility index (Phi) is 6.90. The van der Waals surface area contributed by atoms with Crippen molar-refractivity contribution in [3.05, 3.63) is 94.8 Å². The molecule has 0 saturated heterocycles. The molecule has 0 unspecified atom stereocenters. The minimum absolute atomic E-state index is 0.0409. The first-order valence-electron chi connectivity index (χ1n) is 11.5. The van der Waals surface area contributed by atoms with Crippen molar-refractivity contribution < 1.29 is 9.90 Å². The van der Waals surface area contributed by atoms with E-state index in [-0.39, 0.29) is 12.4 Å². The highest BCUT2D eigenvalue weighted by Gasteiger charge is 2.16. The van der Waals surface area contributed by atoms with Gasteiger partial charge in [0.2, 0.25) is 0 Å². The van der Waals surface area contributed by atoms with Crippen LogP contribution in [0.2, 0.25) is 0 Å². The predicted octanol–water partition coefficient (Wildman–Crippen LogP) is 4.87. The Bertz CT molecular complexity index is 1260. The maximum Gasteiger partial charge on any atom is 0.159 e. The van der Waals surface area contributed by atoms with Gasteiger partial charge in [-0.1, -0.05) is 49.4 Å². The molecule has 0 fully saturated rings. The predicted molar refractivity (Wildman–Crippen MR) is 134 cm³/mol. The largest absolute Gasteiger partial charge is 0.395 e. The first-order valence-corrected chi connectivity index (χ1v) is 11.5. The Morgan fingerprint density at radius 3 is 2.45 bits per heavy atom. The van der Waals surface area contributed by atoms with Crippen LogP contribution in [0.5, 0.6) is 0 Å². The molecular weight excluding hydrogens is 410 g/mol. The van der Waals surface area contributed by atoms with Gasteiger partial charge in [0.05, 0.1) is 24.2 Å². The van der Waals surface area contributed by atoms with Gasteiger partial charge in [0.15, 0.2) is 5.78 Å². The third-order valence-corrected chi connectivity index (χ3v) is 6.19. The van der Waals surface area contributed by atoms with Gasteiger partial charge in [0.25, 0.3) is 0 Å². The number of carbonyl (C=O) groups is 1. The second kappa shape index (κ2) is 10.0. The van der Waals surface area contributed by atoms with E-state index in [1.54, 1.807) is 6.92 Å². The lowest BCUT2D eigenvalue weighted by Gasteiger charge is -2.22. The number of aromatic nitrogens is 2. The number of fused-ring (bicyclic) bond motifs is 1. The third kappa shape index (κ3) is 4.99. The molecule has 4 rings (SSSR count). The van der Waals surface area contributed by atoms with Crippen molar-refractivity contribution in [3.63, 3.8) is 0 Å². The van der Waals surface area contributed by atoms with E-state index in [4.69, 9.17) is 4.98 Å². The Labute approximate surface area is 195 Å². The molecule has 0 radical (unpaired) electrons. The summed E-state index contributed by atoms with van der Waals surface area (Å²) < 4.78 is 2.25. The Morgan fingerprint density at radius 2 is 1.76 bits per heavy atom. The molecule has 33 heavy (non-hydrogen) atoms. The first-order chi connectivity index (χ1) is 16.0. The minimum atomic E-state index is 0.0409. The first kappa shape index (κ1) is 22.7. The topological polar surface area (TPSA) is 58.4 Å². The van der Waals surface area contributed by atoms with Gasteiger partial charge in [-0.05, 0) is 54.3 Å². The molecule has 0 atom stereocenters. The van der Waals surface area contributed by atoms with Crippen LogP contribution >= 0.6 is 0 Å². The molecule has 1 aromatic heterocycles. The highest BCUT2D eigenvalue weighted by Crippen LogP contribution is 2.26. The fourth-order valence-electron chi connectivity index (χ4n) is 4.24. The molecule has 0 spiro atoms. The number of carbonyl (C=O) groups excluding carboxylic acids is 1. The van der Waals surface area contributed by atoms with Gasteiger partial charge < -0.3 is 14.6 Å². The summed E-state index contributed by atoms with van der Waals surface area (Å²) in [7, 11) is 2.00. The molecule has 0 bridgehead atoms. The van der Waals surface area contributed by atoms with Gasteiger partial charge in [-0.25, -0.2) is 4.98 Å². The number of rotatable bonds is 9. The number of aliphatic hydroxyl groups excluding tert-OH is 1. The lowest BCUT2D eigenvalue weighted by Crippen LogP contribution is -2.23. The van der Waals surface area contributed by atoms with Crippen LogP contribution in [0.3, 0.4) is 0 Å². The van der Waals surface area contributed by atoms with Crippen LogP contribution in [0, 0.1) is 0 Å². The number of aliphatic hydroxyl groups is 1. The number of hydrogen-bond donors (Lipinski definition) is 1. The van der Waals surface area contributed by atoms with Crippen molar-refractivity contribution in [2.45, 2.75) is 33.2 Å². The highest BCUT2D eigenvalue weighted by molar-refractivity contribution is 5.97. The summed E-state index contributed by atoms with van der Waals surface area (Å²) in [6.45, 7) is 5.07. The molecule has 3 aromatic carbocycles. The van der Waals surface area contributed by atoms with Crippen molar-refractivity contribution in [1.29, 1.82) is 0 Å². The number of aryl methyl sites for hydroxylation is 1. The van der Waals surface area contributed by atoms with Gasteiger partial charge in [-0.15, -0.1) is 0 Å². The van der Waals surface area contributed by atoms with Gasteiger partial charge >= 0.3 is 0 Å². The summed E-state index contributed by atoms with van der Waals surface area (Å²) in [6.07, 6.45) is 1.73. The van der Waals surface area contributed by atoms with E-state index in [1.165, 1.54) is 11.1 Å². The molecule has 0 amide bonds. The minimum Gasteiger partial charge on any atom is -0.395 e. The summed E-state index contributed by atoms with van der Waals surface area (Å²) in [5.41, 5.74) is 7.30. The molecule has 1 heterocycles. The van der Waals surface area contributed by atoms with Crippen LogP contribution in [0.1, 0.15) is 46.7 Å². The Hall–Kier alpha value is -3.44. The van der Waals surface area contributed by atoms with Gasteiger partial charge in [0, 0.05) is 31.3 Å². The van der Waals surface area contributed by atoms with Crippen molar-refractivity contribution in [2.24, 2.45) is 0 Å². The summed E-state index contributed by atoms with van der Waals surface area (Å²) in [5, 5.41) is 9.42. The average Bonchev–Trinajstić information content (AvgIpc) is 3.16. The van der Waals surface area contributed by atoms with Crippen LogP contribution in [-0.2, 0) is 19.4 Å².